The molecular formula is C26H32N4O4S. The van der Waals surface area contributed by atoms with Crippen molar-refractivity contribution >= 4 is 40.2 Å². The lowest BCUT2D eigenvalue weighted by Gasteiger charge is -2.14. The molecule has 0 fully saturated rings. The molecule has 0 aliphatic heterocycles. The van der Waals surface area contributed by atoms with Gasteiger partial charge in [-0.05, 0) is 63.4 Å². The summed E-state index contributed by atoms with van der Waals surface area (Å²) < 4.78 is 7.19. The summed E-state index contributed by atoms with van der Waals surface area (Å²) >= 11 is 1.18. The van der Waals surface area contributed by atoms with Gasteiger partial charge in [-0.3, -0.25) is 19.0 Å². The lowest BCUT2D eigenvalue weighted by Crippen LogP contribution is -2.34. The highest BCUT2D eigenvalue weighted by Gasteiger charge is 2.14. The summed E-state index contributed by atoms with van der Waals surface area (Å²) in [6, 6.07) is 12.8. The Morgan fingerprint density at radius 1 is 1.09 bits per heavy atom. The Hall–Kier alpha value is -3.17. The van der Waals surface area contributed by atoms with Crippen LogP contribution in [0.5, 0.6) is 0 Å². The minimum Gasteiger partial charge on any atom is -0.379 e. The SMILES string of the molecule is Cc1cccc(NC(=O)CNC(=O)CSc2nc3ccccc3c(=O)n2CCCOC(C)C)c1C. The van der Waals surface area contributed by atoms with E-state index in [1.807, 2.05) is 52.0 Å². The number of benzene rings is 2. The van der Waals surface area contributed by atoms with E-state index in [9.17, 15) is 14.4 Å². The maximum Gasteiger partial charge on any atom is 0.262 e. The summed E-state index contributed by atoms with van der Waals surface area (Å²) in [6.07, 6.45) is 0.766. The molecule has 0 radical (unpaired) electrons. The molecule has 1 aromatic heterocycles. The first-order valence-electron chi connectivity index (χ1n) is 11.6. The van der Waals surface area contributed by atoms with E-state index in [1.165, 1.54) is 11.8 Å². The van der Waals surface area contributed by atoms with Crippen LogP contribution in [-0.2, 0) is 20.9 Å². The number of anilines is 1. The lowest BCUT2D eigenvalue weighted by molar-refractivity contribution is -0.122. The third kappa shape index (κ3) is 7.40. The largest absolute Gasteiger partial charge is 0.379 e. The number of hydrogen-bond acceptors (Lipinski definition) is 6. The zero-order valence-corrected chi connectivity index (χ0v) is 21.4. The molecular weight excluding hydrogens is 464 g/mol. The van der Waals surface area contributed by atoms with Gasteiger partial charge < -0.3 is 15.4 Å². The second kappa shape index (κ2) is 12.5. The number of hydrogen-bond donors (Lipinski definition) is 2. The van der Waals surface area contributed by atoms with E-state index in [1.54, 1.807) is 22.8 Å². The summed E-state index contributed by atoms with van der Waals surface area (Å²) in [6.45, 7) is 8.66. The molecule has 2 amide bonds. The van der Waals surface area contributed by atoms with E-state index >= 15 is 0 Å². The Morgan fingerprint density at radius 3 is 2.63 bits per heavy atom. The highest BCUT2D eigenvalue weighted by molar-refractivity contribution is 7.99. The van der Waals surface area contributed by atoms with Gasteiger partial charge in [-0.25, -0.2) is 4.98 Å². The lowest BCUT2D eigenvalue weighted by atomic mass is 10.1. The molecule has 2 aromatic carbocycles. The van der Waals surface area contributed by atoms with Crippen molar-refractivity contribution in [3.63, 3.8) is 0 Å². The number of ether oxygens (including phenoxy) is 1. The van der Waals surface area contributed by atoms with E-state index in [2.05, 4.69) is 15.6 Å². The maximum atomic E-state index is 13.1. The summed E-state index contributed by atoms with van der Waals surface area (Å²) in [5.74, 6) is -0.588. The third-order valence-electron chi connectivity index (χ3n) is 5.46. The highest BCUT2D eigenvalue weighted by Crippen LogP contribution is 2.19. The van der Waals surface area contributed by atoms with Gasteiger partial charge in [0.25, 0.3) is 5.56 Å². The number of amides is 2. The number of para-hydroxylation sites is 1. The first-order chi connectivity index (χ1) is 16.8. The minimum atomic E-state index is -0.316. The Labute approximate surface area is 209 Å². The summed E-state index contributed by atoms with van der Waals surface area (Å²) in [4.78, 5) is 42.4. The van der Waals surface area contributed by atoms with Crippen molar-refractivity contribution in [1.29, 1.82) is 0 Å². The third-order valence-corrected chi connectivity index (χ3v) is 6.44. The van der Waals surface area contributed by atoms with Crippen molar-refractivity contribution in [2.75, 3.05) is 24.2 Å². The predicted octanol–water partition coefficient (Wildman–Crippen LogP) is 3.68. The van der Waals surface area contributed by atoms with Crippen LogP contribution in [0.25, 0.3) is 10.9 Å². The van der Waals surface area contributed by atoms with Crippen LogP contribution in [0.2, 0.25) is 0 Å². The molecule has 3 rings (SSSR count). The van der Waals surface area contributed by atoms with Crippen LogP contribution in [0.4, 0.5) is 5.69 Å². The number of aromatic nitrogens is 2. The number of carbonyl (C=O) groups is 2. The maximum absolute atomic E-state index is 13.1. The van der Waals surface area contributed by atoms with Gasteiger partial charge in [-0.2, -0.15) is 0 Å². The van der Waals surface area contributed by atoms with Crippen molar-refractivity contribution in [2.24, 2.45) is 0 Å². The smallest absolute Gasteiger partial charge is 0.262 e. The summed E-state index contributed by atoms with van der Waals surface area (Å²) in [7, 11) is 0. The quantitative estimate of drug-likeness (QED) is 0.239. The van der Waals surface area contributed by atoms with Crippen molar-refractivity contribution in [2.45, 2.75) is 51.9 Å². The number of nitrogens with one attached hydrogen (secondary N) is 2. The Kier molecular flexibility index (Phi) is 9.45. The molecule has 0 aliphatic carbocycles. The Balaban J connectivity index is 1.62. The fourth-order valence-corrected chi connectivity index (χ4v) is 4.29. The van der Waals surface area contributed by atoms with Crippen LogP contribution < -0.4 is 16.2 Å². The molecule has 8 nitrogen and oxygen atoms in total. The van der Waals surface area contributed by atoms with Gasteiger partial charge >= 0.3 is 0 Å². The fraction of sp³-hybridized carbons (Fsp3) is 0.385. The number of fused-ring (bicyclic) bond motifs is 1. The van der Waals surface area contributed by atoms with Gasteiger partial charge in [-0.15, -0.1) is 0 Å². The normalized spacial score (nSPS) is 11.1. The first-order valence-corrected chi connectivity index (χ1v) is 12.6. The molecule has 0 bridgehead atoms. The van der Waals surface area contributed by atoms with Gasteiger partial charge in [0.05, 0.1) is 29.3 Å². The fourth-order valence-electron chi connectivity index (χ4n) is 3.44. The molecule has 0 saturated heterocycles. The molecule has 1 heterocycles. The molecule has 2 N–H and O–H groups in total. The molecule has 0 spiro atoms. The van der Waals surface area contributed by atoms with Crippen molar-refractivity contribution in [3.05, 3.63) is 63.9 Å². The van der Waals surface area contributed by atoms with Crippen LogP contribution in [0.3, 0.4) is 0 Å². The van der Waals surface area contributed by atoms with Gasteiger partial charge in [0, 0.05) is 18.8 Å². The highest BCUT2D eigenvalue weighted by atomic mass is 32.2. The zero-order chi connectivity index (χ0) is 25.4. The monoisotopic (exact) mass is 496 g/mol. The van der Waals surface area contributed by atoms with E-state index in [-0.39, 0.29) is 35.8 Å². The van der Waals surface area contributed by atoms with E-state index < -0.39 is 0 Å². The van der Waals surface area contributed by atoms with Crippen molar-refractivity contribution in [3.8, 4) is 0 Å². The van der Waals surface area contributed by atoms with Gasteiger partial charge in [-0.1, -0.05) is 36.0 Å². The number of nitrogens with zero attached hydrogens (tertiary/aromatic N) is 2. The van der Waals surface area contributed by atoms with Crippen LogP contribution >= 0.6 is 11.8 Å². The first kappa shape index (κ1) is 26.4. The summed E-state index contributed by atoms with van der Waals surface area (Å²) in [5.41, 5.74) is 3.23. The van der Waals surface area contributed by atoms with E-state index in [0.717, 1.165) is 16.8 Å². The Bertz CT molecular complexity index is 1260. The number of aryl methyl sites for hydroxylation is 1. The van der Waals surface area contributed by atoms with Crippen LogP contribution in [0.15, 0.2) is 52.4 Å². The molecule has 3 aromatic rings. The van der Waals surface area contributed by atoms with Gasteiger partial charge in [0.15, 0.2) is 5.16 Å². The van der Waals surface area contributed by atoms with Gasteiger partial charge in [0.2, 0.25) is 11.8 Å². The standard InChI is InChI=1S/C26H32N4O4S/c1-17(2)34-14-8-13-30-25(33)20-10-5-6-11-22(20)29-26(30)35-16-24(32)27-15-23(31)28-21-12-7-9-18(3)19(21)4/h5-7,9-12,17H,8,13-16H2,1-4H3,(H,27,32)(H,28,31). The Morgan fingerprint density at radius 2 is 1.86 bits per heavy atom. The summed E-state index contributed by atoms with van der Waals surface area (Å²) in [5, 5.41) is 6.46. The number of carbonyl (C=O) groups excluding carboxylic acids is 2. The average Bonchev–Trinajstić information content (AvgIpc) is 2.83. The molecule has 0 atom stereocenters. The zero-order valence-electron chi connectivity index (χ0n) is 20.6. The average molecular weight is 497 g/mol. The van der Waals surface area contributed by atoms with Crippen LogP contribution in [0.1, 0.15) is 31.4 Å². The van der Waals surface area contributed by atoms with Gasteiger partial charge in [0.1, 0.15) is 0 Å². The van der Waals surface area contributed by atoms with Crippen molar-refractivity contribution in [1.82, 2.24) is 14.9 Å². The number of thioether (sulfide) groups is 1. The topological polar surface area (TPSA) is 102 Å². The van der Waals surface area contributed by atoms with E-state index in [0.29, 0.717) is 35.6 Å². The molecule has 186 valence electrons. The van der Waals surface area contributed by atoms with Crippen LogP contribution in [-0.4, -0.2) is 46.4 Å². The molecule has 9 heteroatoms. The molecule has 0 unspecified atom stereocenters. The van der Waals surface area contributed by atoms with E-state index in [4.69, 9.17) is 4.74 Å². The molecule has 35 heavy (non-hydrogen) atoms. The minimum absolute atomic E-state index is 0.0318. The van der Waals surface area contributed by atoms with Crippen LogP contribution in [0, 0.1) is 13.8 Å². The second-order valence-corrected chi connectivity index (χ2v) is 9.44. The predicted molar refractivity (Wildman–Crippen MR) is 140 cm³/mol. The number of rotatable bonds is 11. The second-order valence-electron chi connectivity index (χ2n) is 8.50. The molecule has 0 saturated carbocycles. The molecule has 0 aliphatic rings. The van der Waals surface area contributed by atoms with Crippen molar-refractivity contribution < 1.29 is 14.3 Å².